The molecular weight excluding hydrogens is 1050 g/mol. The molecule has 4 saturated heterocycles. The summed E-state index contributed by atoms with van der Waals surface area (Å²) in [5.41, 5.74) is 5.72. The standard InChI is InChI=1S/C30H29F3N4O5.C28H30FN3O4S/c1-36-24-14-19(10-11-21(24)27(34-36)29(38)39)37-17-8-9-18(37)13-20(12-17)40-15-23-26(35-42-28(23)16-6-7-16)22-4-2-3-5-25(22)41-30(31,32)33;29-21-8-14(27(33)34)9-22-25(21)30-28(37-22)32-15-6-7-16(32)11-17(10-15)35-12-20-24(23-18-2-1-3-19(18)23)31-36-26(20)13-4-5-13/h2-5,10-11,14,16-18,20H,6-9,12-13,15H2,1H3,(H,38,39);8-9,13,15-19,23H,1-7,10-12H2,(H,33,34)/t17-,18+,20+;. The number of thiazole rings is 1. The number of hydrogen-bond donors (Lipinski definition) is 2. The SMILES string of the molecule is Cn1nc(C(=O)O)c2ccc(N3[C@@H]4CC[C@H]3C[C@@H](OCc3c(-c5ccccc5OC(F)(F)F)noc3C3CC3)C4)cc21.O=C(O)c1cc(F)c2nc(N3C4CCC3CC(OCc3c(C5C6CCCC65)noc3C3CC3)C4)sc2c1. The third-order valence-electron chi connectivity index (χ3n) is 18.2. The van der Waals surface area contributed by atoms with Gasteiger partial charge in [-0.1, -0.05) is 40.2 Å². The summed E-state index contributed by atoms with van der Waals surface area (Å²) in [5, 5.41) is 33.1. The second kappa shape index (κ2) is 19.6. The number of aryl methyl sites for hydroxylation is 1. The zero-order valence-electron chi connectivity index (χ0n) is 43.4. The number of carboxylic acids is 2. The van der Waals surface area contributed by atoms with E-state index < -0.39 is 24.1 Å². The van der Waals surface area contributed by atoms with Crippen LogP contribution in [0.5, 0.6) is 5.75 Å². The average Bonchev–Trinajstić information content (AvgIpc) is 4.46. The summed E-state index contributed by atoms with van der Waals surface area (Å²) in [6, 6.07) is 15.5. The number of aromatic nitrogens is 5. The second-order valence-electron chi connectivity index (χ2n) is 23.1. The summed E-state index contributed by atoms with van der Waals surface area (Å²) in [4.78, 5) is 32.3. The second-order valence-corrected chi connectivity index (χ2v) is 24.1. The van der Waals surface area contributed by atoms with Crippen LogP contribution in [0.1, 0.15) is 163 Å². The molecule has 4 unspecified atom stereocenters. The number of halogens is 4. The number of para-hydroxylation sites is 1. The highest BCUT2D eigenvalue weighted by atomic mass is 32.1. The van der Waals surface area contributed by atoms with Crippen LogP contribution in [-0.2, 0) is 29.7 Å². The molecule has 16 nitrogen and oxygen atoms in total. The van der Waals surface area contributed by atoms with Gasteiger partial charge >= 0.3 is 18.3 Å². The van der Waals surface area contributed by atoms with Gasteiger partial charge in [0.25, 0.3) is 0 Å². The number of benzene rings is 3. The summed E-state index contributed by atoms with van der Waals surface area (Å²) in [5.74, 6) is 1.61. The van der Waals surface area contributed by atoms with Crippen LogP contribution in [0, 0.1) is 17.7 Å². The predicted octanol–water partition coefficient (Wildman–Crippen LogP) is 12.6. The van der Waals surface area contributed by atoms with E-state index in [9.17, 15) is 37.4 Å². The van der Waals surface area contributed by atoms with Crippen molar-refractivity contribution >= 4 is 55.2 Å². The van der Waals surface area contributed by atoms with Crippen molar-refractivity contribution in [3.05, 3.63) is 100 Å². The van der Waals surface area contributed by atoms with Gasteiger partial charge < -0.3 is 43.3 Å². The van der Waals surface area contributed by atoms with Gasteiger partial charge in [-0.15, -0.1) is 13.2 Å². The fraction of sp³-hybridized carbons (Fsp3) is 0.517. The number of ether oxygens (including phenoxy) is 3. The average molecular weight is 1110 g/mol. The molecule has 0 spiro atoms. The lowest BCUT2D eigenvalue weighted by molar-refractivity contribution is -0.274. The fourth-order valence-electron chi connectivity index (χ4n) is 14.3. The molecule has 7 aromatic rings. The van der Waals surface area contributed by atoms with Gasteiger partial charge in [0.2, 0.25) is 0 Å². The molecular formula is C58H59F4N7O9S. The maximum atomic E-state index is 14.6. The summed E-state index contributed by atoms with van der Waals surface area (Å²) >= 11 is 1.39. The lowest BCUT2D eigenvalue weighted by Crippen LogP contribution is -2.45. The van der Waals surface area contributed by atoms with Crippen molar-refractivity contribution in [2.75, 3.05) is 9.80 Å². The molecule has 4 aliphatic carbocycles. The van der Waals surface area contributed by atoms with E-state index in [-0.39, 0.29) is 64.9 Å². The van der Waals surface area contributed by atoms with Gasteiger partial charge in [0, 0.05) is 76.7 Å². The van der Waals surface area contributed by atoms with E-state index >= 15 is 0 Å². The van der Waals surface area contributed by atoms with Gasteiger partial charge in [0.1, 0.15) is 28.5 Å². The van der Waals surface area contributed by atoms with Crippen molar-refractivity contribution in [2.45, 2.75) is 170 Å². The van der Waals surface area contributed by atoms with Crippen LogP contribution < -0.4 is 14.5 Å². The number of fused-ring (bicyclic) bond motifs is 7. The van der Waals surface area contributed by atoms with E-state index in [2.05, 4.69) is 34.9 Å². The minimum Gasteiger partial charge on any atom is -0.478 e. The number of aromatic carboxylic acids is 2. The Morgan fingerprint density at radius 1 is 0.747 bits per heavy atom. The lowest BCUT2D eigenvalue weighted by atomic mass is 9.98. The summed E-state index contributed by atoms with van der Waals surface area (Å²) in [7, 11) is 1.75. The number of alkyl halides is 3. The monoisotopic (exact) mass is 1110 g/mol. The van der Waals surface area contributed by atoms with Gasteiger partial charge in [-0.2, -0.15) is 5.10 Å². The Bertz CT molecular complexity index is 3480. The first-order chi connectivity index (χ1) is 38.2. The van der Waals surface area contributed by atoms with Crippen molar-refractivity contribution in [2.24, 2.45) is 18.9 Å². The van der Waals surface area contributed by atoms with Crippen molar-refractivity contribution in [3.63, 3.8) is 0 Å². The fourth-order valence-corrected chi connectivity index (χ4v) is 15.5. The number of nitrogens with zero attached hydrogens (tertiary/aromatic N) is 7. The van der Waals surface area contributed by atoms with Crippen molar-refractivity contribution in [3.8, 4) is 17.0 Å². The highest BCUT2D eigenvalue weighted by Gasteiger charge is 2.56. The molecule has 15 rings (SSSR count). The Hall–Kier alpha value is -6.58. The lowest BCUT2D eigenvalue weighted by Gasteiger charge is -2.40. The van der Waals surface area contributed by atoms with Crippen LogP contribution in [0.2, 0.25) is 0 Å². The smallest absolute Gasteiger partial charge is 0.478 e. The van der Waals surface area contributed by atoms with Crippen molar-refractivity contribution in [1.82, 2.24) is 25.1 Å². The molecule has 4 bridgehead atoms. The van der Waals surface area contributed by atoms with Crippen molar-refractivity contribution in [1.29, 1.82) is 0 Å². The molecule has 4 aliphatic heterocycles. The largest absolute Gasteiger partial charge is 0.573 e. The van der Waals surface area contributed by atoms with E-state index in [1.807, 2.05) is 18.2 Å². The van der Waals surface area contributed by atoms with Crippen LogP contribution in [0.15, 0.2) is 63.6 Å². The first kappa shape index (κ1) is 50.6. The molecule has 7 atom stereocenters. The third-order valence-corrected chi connectivity index (χ3v) is 19.2. The van der Waals surface area contributed by atoms with Crippen LogP contribution >= 0.6 is 11.3 Å². The zero-order valence-corrected chi connectivity index (χ0v) is 44.2. The highest BCUT2D eigenvalue weighted by molar-refractivity contribution is 7.22. The van der Waals surface area contributed by atoms with Gasteiger partial charge in [0.15, 0.2) is 16.6 Å². The number of hydrogen-bond acceptors (Lipinski definition) is 14. The minimum absolute atomic E-state index is 0.0331. The van der Waals surface area contributed by atoms with Crippen molar-refractivity contribution < 1.29 is 60.6 Å². The van der Waals surface area contributed by atoms with Crippen LogP contribution in [-0.4, -0.2) is 90.0 Å². The summed E-state index contributed by atoms with van der Waals surface area (Å²) in [6.07, 6.45) is 11.2. The van der Waals surface area contributed by atoms with E-state index in [0.29, 0.717) is 57.6 Å². The molecule has 4 saturated carbocycles. The zero-order chi connectivity index (χ0) is 54.0. The maximum Gasteiger partial charge on any atom is 0.573 e. The molecule has 21 heteroatoms. The molecule has 8 aliphatic rings. The Morgan fingerprint density at radius 3 is 2.00 bits per heavy atom. The Morgan fingerprint density at radius 2 is 1.37 bits per heavy atom. The van der Waals surface area contributed by atoms with Gasteiger partial charge in [-0.3, -0.25) is 4.68 Å². The normalized spacial score (nSPS) is 26.9. The topological polar surface area (TPSA) is 192 Å². The first-order valence-corrected chi connectivity index (χ1v) is 28.7. The number of carbonyl (C=O) groups is 2. The van der Waals surface area contributed by atoms with Gasteiger partial charge in [0.05, 0.1) is 46.9 Å². The van der Waals surface area contributed by atoms with Gasteiger partial charge in [-0.25, -0.2) is 19.0 Å². The Balaban J connectivity index is 0.000000144. The number of rotatable bonds is 15. The van der Waals surface area contributed by atoms with E-state index in [4.69, 9.17) is 18.5 Å². The quantitative estimate of drug-likeness (QED) is 0.0921. The molecule has 2 N–H and O–H groups in total. The van der Waals surface area contributed by atoms with Crippen LogP contribution in [0.25, 0.3) is 32.4 Å². The van der Waals surface area contributed by atoms with Crippen LogP contribution in [0.3, 0.4) is 0 Å². The maximum absolute atomic E-state index is 14.6. The summed E-state index contributed by atoms with van der Waals surface area (Å²) in [6.45, 7) is 0.781. The molecule has 414 valence electrons. The number of piperidine rings is 2. The van der Waals surface area contributed by atoms with E-state index in [1.54, 1.807) is 23.9 Å². The molecule has 0 radical (unpaired) electrons. The first-order valence-electron chi connectivity index (χ1n) is 27.9. The molecule has 79 heavy (non-hydrogen) atoms. The predicted molar refractivity (Wildman–Crippen MR) is 281 cm³/mol. The number of carboxylic acid groups (broad SMARTS) is 2. The highest BCUT2D eigenvalue weighted by Crippen LogP contribution is 2.64. The molecule has 3 aromatic carbocycles. The molecule has 0 amide bonds. The molecule has 4 aromatic heterocycles. The van der Waals surface area contributed by atoms with E-state index in [0.717, 1.165) is 104 Å². The minimum atomic E-state index is -4.83. The molecule has 8 fully saturated rings. The van der Waals surface area contributed by atoms with E-state index in [1.165, 1.54) is 72.9 Å². The van der Waals surface area contributed by atoms with Gasteiger partial charge in [-0.05, 0) is 144 Å². The molecule has 8 heterocycles. The van der Waals surface area contributed by atoms with Crippen LogP contribution in [0.4, 0.5) is 28.4 Å². The Labute approximate surface area is 454 Å². The third kappa shape index (κ3) is 9.49. The Kier molecular flexibility index (Phi) is 12.6. The number of anilines is 2. The summed E-state index contributed by atoms with van der Waals surface area (Å²) < 4.78 is 85.1.